The summed E-state index contributed by atoms with van der Waals surface area (Å²) in [5.41, 5.74) is 3.18. The predicted molar refractivity (Wildman–Crippen MR) is 102 cm³/mol. The molecule has 0 saturated carbocycles. The molecule has 0 bridgehead atoms. The molecule has 0 radical (unpaired) electrons. The quantitative estimate of drug-likeness (QED) is 0.837. The standard InChI is InChI=1S/C20H26ClN3O2/c1-14-19(15(2)26-23-14)9-10-20(25)22-18-4-3-11-24(13-18)12-16-5-7-17(21)8-6-16/h5-8,18H,3-4,9-13H2,1-2H3,(H,22,25)/t18-/m1/s1. The van der Waals surface area contributed by atoms with Crippen LogP contribution in [0.25, 0.3) is 0 Å². The van der Waals surface area contributed by atoms with Gasteiger partial charge in [-0.05, 0) is 57.4 Å². The number of nitrogens with one attached hydrogen (secondary N) is 1. The number of hydrogen-bond acceptors (Lipinski definition) is 4. The molecule has 1 fully saturated rings. The fourth-order valence-corrected chi connectivity index (χ4v) is 3.69. The highest BCUT2D eigenvalue weighted by atomic mass is 35.5. The van der Waals surface area contributed by atoms with Crippen molar-refractivity contribution in [2.45, 2.75) is 52.1 Å². The number of hydrogen-bond donors (Lipinski definition) is 1. The van der Waals surface area contributed by atoms with Crippen molar-refractivity contribution in [3.05, 3.63) is 51.9 Å². The van der Waals surface area contributed by atoms with E-state index in [9.17, 15) is 4.79 Å². The first kappa shape index (κ1) is 18.9. The average Bonchev–Trinajstić information content (AvgIpc) is 2.94. The van der Waals surface area contributed by atoms with E-state index in [1.165, 1.54) is 5.56 Å². The summed E-state index contributed by atoms with van der Waals surface area (Å²) in [7, 11) is 0. The smallest absolute Gasteiger partial charge is 0.220 e. The van der Waals surface area contributed by atoms with E-state index in [0.29, 0.717) is 12.8 Å². The van der Waals surface area contributed by atoms with Gasteiger partial charge in [0.1, 0.15) is 5.76 Å². The second kappa shape index (κ2) is 8.69. The van der Waals surface area contributed by atoms with Crippen molar-refractivity contribution >= 4 is 17.5 Å². The SMILES string of the molecule is Cc1noc(C)c1CCC(=O)N[C@@H]1CCCN(Cc2ccc(Cl)cc2)C1. The summed E-state index contributed by atoms with van der Waals surface area (Å²) in [5.74, 6) is 0.908. The van der Waals surface area contributed by atoms with Gasteiger partial charge in [0.25, 0.3) is 0 Å². The van der Waals surface area contributed by atoms with Crippen molar-refractivity contribution in [1.82, 2.24) is 15.4 Å². The van der Waals surface area contributed by atoms with Gasteiger partial charge in [0, 0.05) is 36.1 Å². The van der Waals surface area contributed by atoms with Crippen LogP contribution in [0.15, 0.2) is 28.8 Å². The Labute approximate surface area is 159 Å². The Morgan fingerprint density at radius 1 is 1.35 bits per heavy atom. The third-order valence-corrected chi connectivity index (χ3v) is 5.23. The minimum Gasteiger partial charge on any atom is -0.361 e. The third-order valence-electron chi connectivity index (χ3n) is 4.97. The van der Waals surface area contributed by atoms with Crippen LogP contribution >= 0.6 is 11.6 Å². The van der Waals surface area contributed by atoms with Gasteiger partial charge in [0.05, 0.1) is 5.69 Å². The molecule has 5 nitrogen and oxygen atoms in total. The van der Waals surface area contributed by atoms with Crippen LogP contribution in [0.1, 0.15) is 41.8 Å². The maximum atomic E-state index is 12.3. The Balaban J connectivity index is 1.46. The summed E-state index contributed by atoms with van der Waals surface area (Å²) in [6, 6.07) is 8.19. The molecule has 1 aliphatic rings. The van der Waals surface area contributed by atoms with Crippen LogP contribution in [-0.4, -0.2) is 35.1 Å². The molecule has 1 aliphatic heterocycles. The molecule has 2 heterocycles. The topological polar surface area (TPSA) is 58.4 Å². The van der Waals surface area contributed by atoms with Gasteiger partial charge >= 0.3 is 0 Å². The predicted octanol–water partition coefficient (Wildman–Crippen LogP) is 3.66. The number of aromatic nitrogens is 1. The van der Waals surface area contributed by atoms with Crippen LogP contribution in [0.4, 0.5) is 0 Å². The Hall–Kier alpha value is -1.85. The highest BCUT2D eigenvalue weighted by Crippen LogP contribution is 2.17. The van der Waals surface area contributed by atoms with Crippen LogP contribution < -0.4 is 5.32 Å². The lowest BCUT2D eigenvalue weighted by atomic mass is 10.0. The summed E-state index contributed by atoms with van der Waals surface area (Å²) < 4.78 is 5.16. The molecular weight excluding hydrogens is 350 g/mol. The van der Waals surface area contributed by atoms with Gasteiger partial charge in [-0.1, -0.05) is 28.9 Å². The van der Waals surface area contributed by atoms with E-state index in [1.54, 1.807) is 0 Å². The minimum absolute atomic E-state index is 0.100. The van der Waals surface area contributed by atoms with Crippen molar-refractivity contribution in [2.24, 2.45) is 0 Å². The van der Waals surface area contributed by atoms with E-state index >= 15 is 0 Å². The van der Waals surface area contributed by atoms with Crippen LogP contribution in [0.5, 0.6) is 0 Å². The molecule has 1 atom stereocenters. The van der Waals surface area contributed by atoms with Crippen LogP contribution in [-0.2, 0) is 17.8 Å². The third kappa shape index (κ3) is 5.08. The van der Waals surface area contributed by atoms with Gasteiger partial charge in [-0.3, -0.25) is 9.69 Å². The zero-order chi connectivity index (χ0) is 18.5. The number of benzene rings is 1. The molecule has 1 aromatic carbocycles. The summed E-state index contributed by atoms with van der Waals surface area (Å²) in [4.78, 5) is 14.7. The van der Waals surface area contributed by atoms with E-state index < -0.39 is 0 Å². The number of nitrogens with zero attached hydrogens (tertiary/aromatic N) is 2. The molecule has 140 valence electrons. The first-order chi connectivity index (χ1) is 12.5. The molecule has 0 aliphatic carbocycles. The van der Waals surface area contributed by atoms with Crippen molar-refractivity contribution < 1.29 is 9.32 Å². The van der Waals surface area contributed by atoms with Crippen LogP contribution in [0.3, 0.4) is 0 Å². The number of carbonyl (C=O) groups excluding carboxylic acids is 1. The highest BCUT2D eigenvalue weighted by Gasteiger charge is 2.21. The minimum atomic E-state index is 0.100. The van der Waals surface area contributed by atoms with E-state index in [4.69, 9.17) is 16.1 Å². The molecule has 1 amide bonds. The van der Waals surface area contributed by atoms with Crippen molar-refractivity contribution in [3.8, 4) is 0 Å². The number of likely N-dealkylation sites (tertiary alicyclic amines) is 1. The van der Waals surface area contributed by atoms with Gasteiger partial charge in [0.15, 0.2) is 0 Å². The summed E-state index contributed by atoms with van der Waals surface area (Å²) in [6.07, 6.45) is 3.28. The second-order valence-electron chi connectivity index (χ2n) is 7.07. The molecule has 1 aromatic heterocycles. The number of halogens is 1. The second-order valence-corrected chi connectivity index (χ2v) is 7.51. The molecule has 0 spiro atoms. The fourth-order valence-electron chi connectivity index (χ4n) is 3.56. The molecular formula is C20H26ClN3O2. The maximum Gasteiger partial charge on any atom is 0.220 e. The Kier molecular flexibility index (Phi) is 6.33. The molecule has 0 unspecified atom stereocenters. The van der Waals surface area contributed by atoms with Crippen molar-refractivity contribution in [1.29, 1.82) is 0 Å². The first-order valence-electron chi connectivity index (χ1n) is 9.19. The lowest BCUT2D eigenvalue weighted by Crippen LogP contribution is -2.47. The number of aryl methyl sites for hydroxylation is 2. The molecule has 26 heavy (non-hydrogen) atoms. The van der Waals surface area contributed by atoms with E-state index in [2.05, 4.69) is 27.5 Å². The van der Waals surface area contributed by atoms with Gasteiger partial charge in [-0.2, -0.15) is 0 Å². The number of amides is 1. The van der Waals surface area contributed by atoms with Gasteiger partial charge in [-0.25, -0.2) is 0 Å². The lowest BCUT2D eigenvalue weighted by Gasteiger charge is -2.33. The first-order valence-corrected chi connectivity index (χ1v) is 9.57. The Bertz CT molecular complexity index is 723. The summed E-state index contributed by atoms with van der Waals surface area (Å²) in [6.45, 7) is 6.65. The number of piperidine rings is 1. The number of rotatable bonds is 6. The van der Waals surface area contributed by atoms with Gasteiger partial charge in [-0.15, -0.1) is 0 Å². The fraction of sp³-hybridized carbons (Fsp3) is 0.500. The van der Waals surface area contributed by atoms with E-state index in [1.807, 2.05) is 26.0 Å². The van der Waals surface area contributed by atoms with E-state index in [-0.39, 0.29) is 11.9 Å². The van der Waals surface area contributed by atoms with Gasteiger partial charge < -0.3 is 9.84 Å². The lowest BCUT2D eigenvalue weighted by molar-refractivity contribution is -0.122. The van der Waals surface area contributed by atoms with Crippen molar-refractivity contribution in [2.75, 3.05) is 13.1 Å². The van der Waals surface area contributed by atoms with E-state index in [0.717, 1.165) is 54.5 Å². The molecule has 3 rings (SSSR count). The normalized spacial score (nSPS) is 18.0. The molecule has 6 heteroatoms. The Morgan fingerprint density at radius 3 is 2.81 bits per heavy atom. The highest BCUT2D eigenvalue weighted by molar-refractivity contribution is 6.30. The van der Waals surface area contributed by atoms with Gasteiger partial charge in [0.2, 0.25) is 5.91 Å². The summed E-state index contributed by atoms with van der Waals surface area (Å²) >= 11 is 5.95. The molecule has 2 aromatic rings. The average molecular weight is 376 g/mol. The van der Waals surface area contributed by atoms with Crippen molar-refractivity contribution in [3.63, 3.8) is 0 Å². The summed E-state index contributed by atoms with van der Waals surface area (Å²) in [5, 5.41) is 7.90. The zero-order valence-corrected chi connectivity index (χ0v) is 16.2. The largest absolute Gasteiger partial charge is 0.361 e. The monoisotopic (exact) mass is 375 g/mol. The van der Waals surface area contributed by atoms with Crippen LogP contribution in [0.2, 0.25) is 5.02 Å². The maximum absolute atomic E-state index is 12.3. The molecule has 1 N–H and O–H groups in total. The zero-order valence-electron chi connectivity index (χ0n) is 15.4. The molecule has 1 saturated heterocycles. The Morgan fingerprint density at radius 2 is 2.12 bits per heavy atom. The number of carbonyl (C=O) groups is 1. The van der Waals surface area contributed by atoms with Crippen LogP contribution in [0, 0.1) is 13.8 Å².